The van der Waals surface area contributed by atoms with Crippen LogP contribution in [0.3, 0.4) is 0 Å². The molecule has 1 heterocycles. The molecular weight excluding hydrogens is 298 g/mol. The Bertz CT molecular complexity index is 577. The molecule has 0 aliphatic carbocycles. The molecule has 0 bridgehead atoms. The van der Waals surface area contributed by atoms with Gasteiger partial charge in [0.25, 0.3) is 15.9 Å². The SMILES string of the molecule is CCOc1ccc(S(=O)(=O)NC(=O)C2COCCO2)cc1. The van der Waals surface area contributed by atoms with Gasteiger partial charge in [0.1, 0.15) is 5.75 Å². The Hall–Kier alpha value is -1.64. The Kier molecular flexibility index (Phi) is 5.16. The zero-order valence-electron chi connectivity index (χ0n) is 11.6. The van der Waals surface area contributed by atoms with Gasteiger partial charge in [-0.05, 0) is 31.2 Å². The summed E-state index contributed by atoms with van der Waals surface area (Å²) in [5.74, 6) is -0.171. The minimum Gasteiger partial charge on any atom is -0.494 e. The molecule has 1 fully saturated rings. The summed E-state index contributed by atoms with van der Waals surface area (Å²) in [4.78, 5) is 11.8. The first-order valence-corrected chi connectivity index (χ1v) is 8.00. The first kappa shape index (κ1) is 15.7. The van der Waals surface area contributed by atoms with E-state index < -0.39 is 22.0 Å². The molecule has 0 aromatic heterocycles. The summed E-state index contributed by atoms with van der Waals surface area (Å²) in [6.07, 6.45) is -0.906. The zero-order valence-corrected chi connectivity index (χ0v) is 12.4. The Morgan fingerprint density at radius 3 is 2.62 bits per heavy atom. The van der Waals surface area contributed by atoms with Gasteiger partial charge in [-0.15, -0.1) is 0 Å². The lowest BCUT2D eigenvalue weighted by atomic mass is 10.3. The minimum atomic E-state index is -3.93. The molecule has 1 atom stereocenters. The van der Waals surface area contributed by atoms with Gasteiger partial charge in [-0.2, -0.15) is 0 Å². The van der Waals surface area contributed by atoms with Crippen molar-refractivity contribution in [3.05, 3.63) is 24.3 Å². The molecule has 2 rings (SSSR count). The largest absolute Gasteiger partial charge is 0.494 e. The highest BCUT2D eigenvalue weighted by Crippen LogP contribution is 2.16. The fourth-order valence-electron chi connectivity index (χ4n) is 1.78. The average molecular weight is 315 g/mol. The van der Waals surface area contributed by atoms with Crippen LogP contribution in [-0.4, -0.2) is 46.9 Å². The molecule has 1 N–H and O–H groups in total. The number of benzene rings is 1. The summed E-state index contributed by atoms with van der Waals surface area (Å²) in [5.41, 5.74) is 0. The molecule has 116 valence electrons. The standard InChI is InChI=1S/C13H17NO6S/c1-2-19-10-3-5-11(6-4-10)21(16,17)14-13(15)12-9-18-7-8-20-12/h3-6,12H,2,7-9H2,1H3,(H,14,15). The maximum absolute atomic E-state index is 12.1. The van der Waals surface area contributed by atoms with E-state index in [1.54, 1.807) is 0 Å². The topological polar surface area (TPSA) is 90.9 Å². The predicted molar refractivity (Wildman–Crippen MR) is 73.5 cm³/mol. The number of sulfonamides is 1. The van der Waals surface area contributed by atoms with Gasteiger partial charge in [-0.1, -0.05) is 0 Å². The summed E-state index contributed by atoms with van der Waals surface area (Å²) in [6.45, 7) is 3.03. The maximum atomic E-state index is 12.1. The van der Waals surface area contributed by atoms with E-state index >= 15 is 0 Å². The summed E-state index contributed by atoms with van der Waals surface area (Å²) in [5, 5.41) is 0. The third-order valence-electron chi connectivity index (χ3n) is 2.79. The van der Waals surface area contributed by atoms with Crippen LogP contribution in [0.4, 0.5) is 0 Å². The summed E-state index contributed by atoms with van der Waals surface area (Å²) in [6, 6.07) is 5.81. The van der Waals surface area contributed by atoms with Crippen molar-refractivity contribution in [1.29, 1.82) is 0 Å². The highest BCUT2D eigenvalue weighted by atomic mass is 32.2. The van der Waals surface area contributed by atoms with Crippen molar-refractivity contribution in [1.82, 2.24) is 4.72 Å². The van der Waals surface area contributed by atoms with E-state index in [1.807, 2.05) is 11.6 Å². The van der Waals surface area contributed by atoms with Gasteiger partial charge in [0.15, 0.2) is 6.10 Å². The molecule has 1 saturated heterocycles. The number of amides is 1. The van der Waals surface area contributed by atoms with Crippen molar-refractivity contribution >= 4 is 15.9 Å². The molecule has 0 spiro atoms. The van der Waals surface area contributed by atoms with Crippen LogP contribution in [0.1, 0.15) is 6.92 Å². The normalized spacial score (nSPS) is 19.0. The molecule has 1 aromatic carbocycles. The lowest BCUT2D eigenvalue weighted by molar-refractivity contribution is -0.145. The van der Waals surface area contributed by atoms with Gasteiger partial charge in [0, 0.05) is 0 Å². The molecule has 1 aromatic rings. The molecule has 0 radical (unpaired) electrons. The number of nitrogens with one attached hydrogen (secondary N) is 1. The fraction of sp³-hybridized carbons (Fsp3) is 0.462. The third kappa shape index (κ3) is 4.16. The Morgan fingerprint density at radius 1 is 1.33 bits per heavy atom. The molecule has 1 aliphatic heterocycles. The zero-order chi connectivity index (χ0) is 15.3. The van der Waals surface area contributed by atoms with Gasteiger partial charge in [0.05, 0.1) is 31.3 Å². The van der Waals surface area contributed by atoms with Gasteiger partial charge in [-0.25, -0.2) is 13.1 Å². The molecule has 8 heteroatoms. The molecule has 1 amide bonds. The van der Waals surface area contributed by atoms with Crippen molar-refractivity contribution in [3.63, 3.8) is 0 Å². The predicted octanol–water partition coefficient (Wildman–Crippen LogP) is 0.306. The maximum Gasteiger partial charge on any atom is 0.265 e. The summed E-state index contributed by atoms with van der Waals surface area (Å²) in [7, 11) is -3.93. The van der Waals surface area contributed by atoms with E-state index in [0.717, 1.165) is 0 Å². The minimum absolute atomic E-state index is 0.0176. The molecule has 21 heavy (non-hydrogen) atoms. The van der Waals surface area contributed by atoms with Crippen molar-refractivity contribution in [2.24, 2.45) is 0 Å². The van der Waals surface area contributed by atoms with Crippen molar-refractivity contribution in [3.8, 4) is 5.75 Å². The second kappa shape index (κ2) is 6.88. The second-order valence-corrected chi connectivity index (χ2v) is 5.99. The number of hydrogen-bond donors (Lipinski definition) is 1. The highest BCUT2D eigenvalue weighted by Gasteiger charge is 2.27. The van der Waals surface area contributed by atoms with Crippen molar-refractivity contribution < 1.29 is 27.4 Å². The second-order valence-electron chi connectivity index (χ2n) is 4.31. The van der Waals surface area contributed by atoms with E-state index in [9.17, 15) is 13.2 Å². The number of carbonyl (C=O) groups excluding carboxylic acids is 1. The van der Waals surface area contributed by atoms with Gasteiger partial charge < -0.3 is 14.2 Å². The molecule has 7 nitrogen and oxygen atoms in total. The quantitative estimate of drug-likeness (QED) is 0.841. The van der Waals surface area contributed by atoms with E-state index in [1.165, 1.54) is 24.3 Å². The molecular formula is C13H17NO6S. The van der Waals surface area contributed by atoms with Crippen LogP contribution in [0.2, 0.25) is 0 Å². The van der Waals surface area contributed by atoms with Crippen LogP contribution in [0.5, 0.6) is 5.75 Å². The molecule has 1 unspecified atom stereocenters. The van der Waals surface area contributed by atoms with Crippen LogP contribution in [0.25, 0.3) is 0 Å². The first-order valence-electron chi connectivity index (χ1n) is 6.52. The lowest BCUT2D eigenvalue weighted by Crippen LogP contribution is -2.44. The first-order chi connectivity index (χ1) is 10.0. The van der Waals surface area contributed by atoms with Gasteiger partial charge >= 0.3 is 0 Å². The Balaban J connectivity index is 2.05. The lowest BCUT2D eigenvalue weighted by Gasteiger charge is -2.21. The van der Waals surface area contributed by atoms with Gasteiger partial charge in [0.2, 0.25) is 0 Å². The van der Waals surface area contributed by atoms with E-state index in [2.05, 4.69) is 0 Å². The monoisotopic (exact) mass is 315 g/mol. The fourth-order valence-corrected chi connectivity index (χ4v) is 2.79. The highest BCUT2D eigenvalue weighted by molar-refractivity contribution is 7.90. The van der Waals surface area contributed by atoms with Crippen LogP contribution < -0.4 is 9.46 Å². The Morgan fingerprint density at radius 2 is 2.05 bits per heavy atom. The van der Waals surface area contributed by atoms with Crippen molar-refractivity contribution in [2.45, 2.75) is 17.9 Å². The van der Waals surface area contributed by atoms with Gasteiger partial charge in [-0.3, -0.25) is 4.79 Å². The van der Waals surface area contributed by atoms with E-state index in [0.29, 0.717) is 19.0 Å². The number of rotatable bonds is 5. The average Bonchev–Trinajstić information content (AvgIpc) is 2.48. The number of hydrogen-bond acceptors (Lipinski definition) is 6. The van der Waals surface area contributed by atoms with E-state index in [-0.39, 0.29) is 18.1 Å². The Labute approximate surface area is 123 Å². The van der Waals surface area contributed by atoms with E-state index in [4.69, 9.17) is 14.2 Å². The third-order valence-corrected chi connectivity index (χ3v) is 4.15. The van der Waals surface area contributed by atoms with Crippen LogP contribution in [0.15, 0.2) is 29.2 Å². The number of carbonyl (C=O) groups is 1. The van der Waals surface area contributed by atoms with Crippen LogP contribution in [-0.2, 0) is 24.3 Å². The summed E-state index contributed by atoms with van der Waals surface area (Å²) >= 11 is 0. The number of ether oxygens (including phenoxy) is 3. The smallest absolute Gasteiger partial charge is 0.265 e. The van der Waals surface area contributed by atoms with Crippen LogP contribution >= 0.6 is 0 Å². The van der Waals surface area contributed by atoms with Crippen molar-refractivity contribution in [2.75, 3.05) is 26.4 Å². The molecule has 1 aliphatic rings. The molecule has 0 saturated carbocycles. The summed E-state index contributed by atoms with van der Waals surface area (Å²) < 4.78 is 41.6. The van der Waals surface area contributed by atoms with Crippen LogP contribution in [0, 0.1) is 0 Å².